The molecule has 0 aliphatic rings. The predicted molar refractivity (Wildman–Crippen MR) is 90.8 cm³/mol. The van der Waals surface area contributed by atoms with Crippen LogP contribution >= 0.6 is 0 Å². The van der Waals surface area contributed by atoms with Gasteiger partial charge >= 0.3 is 0 Å². The maximum atomic E-state index is 13.0. The van der Waals surface area contributed by atoms with Gasteiger partial charge in [0.1, 0.15) is 11.4 Å². The van der Waals surface area contributed by atoms with Crippen molar-refractivity contribution in [1.29, 1.82) is 0 Å². The molecule has 0 fully saturated rings. The first-order chi connectivity index (χ1) is 11.3. The number of hydroxylamine groups is 1. The van der Waals surface area contributed by atoms with Crippen molar-refractivity contribution >= 4 is 22.4 Å². The minimum Gasteiger partial charge on any atom is -0.494 e. The van der Waals surface area contributed by atoms with Gasteiger partial charge in [0.05, 0.1) is 14.2 Å². The molecule has 0 N–H and O–H groups in total. The molecule has 0 bridgehead atoms. The first kappa shape index (κ1) is 15.1. The molecule has 4 heteroatoms. The SMILES string of the molecule is COc1ccccc1N(OC)C(=O)c1cccc2ccccc12. The quantitative estimate of drug-likeness (QED) is 0.682. The predicted octanol–water partition coefficient (Wildman–Crippen LogP) is 4.06. The molecule has 0 spiro atoms. The highest BCUT2D eigenvalue weighted by molar-refractivity contribution is 6.13. The number of rotatable bonds is 4. The Kier molecular flexibility index (Phi) is 4.26. The molecule has 0 atom stereocenters. The molecule has 0 radical (unpaired) electrons. The van der Waals surface area contributed by atoms with Crippen LogP contribution in [0.4, 0.5) is 5.69 Å². The number of amides is 1. The second-order valence-electron chi connectivity index (χ2n) is 4.98. The van der Waals surface area contributed by atoms with Crippen LogP contribution in [0, 0.1) is 0 Å². The number of hydrogen-bond acceptors (Lipinski definition) is 3. The van der Waals surface area contributed by atoms with Crippen molar-refractivity contribution in [3.63, 3.8) is 0 Å². The van der Waals surface area contributed by atoms with Gasteiger partial charge in [0.2, 0.25) is 0 Å². The molecule has 0 saturated carbocycles. The van der Waals surface area contributed by atoms with Crippen molar-refractivity contribution in [1.82, 2.24) is 0 Å². The average molecular weight is 307 g/mol. The van der Waals surface area contributed by atoms with Crippen molar-refractivity contribution < 1.29 is 14.4 Å². The Labute approximate surface area is 134 Å². The van der Waals surface area contributed by atoms with Gasteiger partial charge in [-0.3, -0.25) is 9.63 Å². The third-order valence-electron chi connectivity index (χ3n) is 3.69. The Morgan fingerprint density at radius 1 is 0.870 bits per heavy atom. The molecule has 3 aromatic carbocycles. The van der Waals surface area contributed by atoms with Crippen LogP contribution in [0.15, 0.2) is 66.7 Å². The molecule has 1 amide bonds. The Morgan fingerprint density at radius 3 is 2.35 bits per heavy atom. The second-order valence-corrected chi connectivity index (χ2v) is 4.98. The lowest BCUT2D eigenvalue weighted by Crippen LogP contribution is -2.30. The summed E-state index contributed by atoms with van der Waals surface area (Å²) in [7, 11) is 3.03. The summed E-state index contributed by atoms with van der Waals surface area (Å²) in [6, 6.07) is 20.7. The molecule has 116 valence electrons. The van der Waals surface area contributed by atoms with Gasteiger partial charge in [0.15, 0.2) is 0 Å². The fourth-order valence-corrected chi connectivity index (χ4v) is 2.61. The van der Waals surface area contributed by atoms with Gasteiger partial charge in [-0.25, -0.2) is 0 Å². The van der Waals surface area contributed by atoms with Crippen LogP contribution in [0.3, 0.4) is 0 Å². The van der Waals surface area contributed by atoms with Crippen LogP contribution in [-0.2, 0) is 4.84 Å². The van der Waals surface area contributed by atoms with Crippen molar-refractivity contribution in [2.75, 3.05) is 19.3 Å². The fourth-order valence-electron chi connectivity index (χ4n) is 2.61. The molecule has 0 heterocycles. The lowest BCUT2D eigenvalue weighted by atomic mass is 10.0. The molecule has 0 aliphatic heterocycles. The Morgan fingerprint density at radius 2 is 1.57 bits per heavy atom. The molecule has 0 aromatic heterocycles. The summed E-state index contributed by atoms with van der Waals surface area (Å²) in [4.78, 5) is 18.4. The van der Waals surface area contributed by atoms with E-state index in [0.717, 1.165) is 10.8 Å². The number of carbonyl (C=O) groups is 1. The van der Waals surface area contributed by atoms with Gasteiger partial charge < -0.3 is 4.74 Å². The van der Waals surface area contributed by atoms with Gasteiger partial charge in [-0.05, 0) is 29.0 Å². The monoisotopic (exact) mass is 307 g/mol. The van der Waals surface area contributed by atoms with E-state index in [1.165, 1.54) is 12.2 Å². The zero-order valence-electron chi connectivity index (χ0n) is 13.0. The van der Waals surface area contributed by atoms with E-state index in [1.54, 1.807) is 25.3 Å². The summed E-state index contributed by atoms with van der Waals surface area (Å²) in [6.45, 7) is 0. The van der Waals surface area contributed by atoms with Crippen molar-refractivity contribution in [2.24, 2.45) is 0 Å². The number of hydrogen-bond donors (Lipinski definition) is 0. The summed E-state index contributed by atoms with van der Waals surface area (Å²) in [5, 5.41) is 3.15. The van der Waals surface area contributed by atoms with Gasteiger partial charge in [-0.15, -0.1) is 0 Å². The molecular formula is C19H17NO3. The Bertz CT molecular complexity index is 839. The van der Waals surface area contributed by atoms with Crippen LogP contribution in [0.2, 0.25) is 0 Å². The van der Waals surface area contributed by atoms with E-state index in [0.29, 0.717) is 17.0 Å². The summed E-state index contributed by atoms with van der Waals surface area (Å²) in [5.41, 5.74) is 1.14. The van der Waals surface area contributed by atoms with Crippen LogP contribution in [0.25, 0.3) is 10.8 Å². The largest absolute Gasteiger partial charge is 0.494 e. The van der Waals surface area contributed by atoms with Crippen LogP contribution in [0.1, 0.15) is 10.4 Å². The van der Waals surface area contributed by atoms with E-state index in [4.69, 9.17) is 9.57 Å². The highest BCUT2D eigenvalue weighted by atomic mass is 16.7. The minimum absolute atomic E-state index is 0.242. The topological polar surface area (TPSA) is 38.8 Å². The molecule has 23 heavy (non-hydrogen) atoms. The van der Waals surface area contributed by atoms with Gasteiger partial charge in [0, 0.05) is 5.56 Å². The smallest absolute Gasteiger partial charge is 0.282 e. The van der Waals surface area contributed by atoms with Crippen LogP contribution < -0.4 is 9.80 Å². The van der Waals surface area contributed by atoms with E-state index < -0.39 is 0 Å². The van der Waals surface area contributed by atoms with Gasteiger partial charge in [-0.1, -0.05) is 48.5 Å². The maximum absolute atomic E-state index is 13.0. The van der Waals surface area contributed by atoms with Gasteiger partial charge in [-0.2, -0.15) is 5.06 Å². The molecular weight excluding hydrogens is 290 g/mol. The zero-order chi connectivity index (χ0) is 16.2. The summed E-state index contributed by atoms with van der Waals surface area (Å²) >= 11 is 0. The summed E-state index contributed by atoms with van der Waals surface area (Å²) in [6.07, 6.45) is 0. The number of methoxy groups -OCH3 is 1. The normalized spacial score (nSPS) is 10.5. The highest BCUT2D eigenvalue weighted by Gasteiger charge is 2.22. The maximum Gasteiger partial charge on any atom is 0.282 e. The number of nitrogens with zero attached hydrogens (tertiary/aromatic N) is 1. The molecule has 0 aliphatic carbocycles. The highest BCUT2D eigenvalue weighted by Crippen LogP contribution is 2.30. The minimum atomic E-state index is -0.242. The Hall–Kier alpha value is -2.85. The lowest BCUT2D eigenvalue weighted by molar-refractivity contribution is 0.0772. The average Bonchev–Trinajstić information content (AvgIpc) is 2.62. The number of carbonyl (C=O) groups excluding carboxylic acids is 1. The van der Waals surface area contributed by atoms with E-state index in [2.05, 4.69) is 0 Å². The van der Waals surface area contributed by atoms with Crippen LogP contribution in [0.5, 0.6) is 5.75 Å². The van der Waals surface area contributed by atoms with Crippen molar-refractivity contribution in [3.8, 4) is 5.75 Å². The number of anilines is 1. The summed E-state index contributed by atoms with van der Waals surface area (Å²) in [5.74, 6) is 0.330. The Balaban J connectivity index is 2.09. The van der Waals surface area contributed by atoms with E-state index in [-0.39, 0.29) is 5.91 Å². The lowest BCUT2D eigenvalue weighted by Gasteiger charge is -2.22. The second kappa shape index (κ2) is 6.50. The molecule has 3 rings (SSSR count). The van der Waals surface area contributed by atoms with Gasteiger partial charge in [0.25, 0.3) is 5.91 Å². The zero-order valence-corrected chi connectivity index (χ0v) is 13.0. The standard InChI is InChI=1S/C19H17NO3/c1-22-18-13-6-5-12-17(18)20(23-2)19(21)16-11-7-9-14-8-3-4-10-15(14)16/h3-13H,1-2H3. The summed E-state index contributed by atoms with van der Waals surface area (Å²) < 4.78 is 5.33. The molecule has 3 aromatic rings. The van der Waals surface area contributed by atoms with Crippen LogP contribution in [-0.4, -0.2) is 20.1 Å². The van der Waals surface area contributed by atoms with E-state index in [1.807, 2.05) is 48.5 Å². The number of fused-ring (bicyclic) bond motifs is 1. The van der Waals surface area contributed by atoms with E-state index >= 15 is 0 Å². The molecule has 0 saturated heterocycles. The third-order valence-corrected chi connectivity index (χ3v) is 3.69. The molecule has 4 nitrogen and oxygen atoms in total. The first-order valence-electron chi connectivity index (χ1n) is 7.25. The first-order valence-corrected chi connectivity index (χ1v) is 7.25. The van der Waals surface area contributed by atoms with E-state index in [9.17, 15) is 4.79 Å². The number of ether oxygens (including phenoxy) is 1. The number of para-hydroxylation sites is 2. The molecule has 0 unspecified atom stereocenters. The third kappa shape index (κ3) is 2.76. The van der Waals surface area contributed by atoms with Crippen molar-refractivity contribution in [2.45, 2.75) is 0 Å². The van der Waals surface area contributed by atoms with Crippen molar-refractivity contribution in [3.05, 3.63) is 72.3 Å². The number of benzene rings is 3. The fraction of sp³-hybridized carbons (Fsp3) is 0.105.